The lowest BCUT2D eigenvalue weighted by Crippen LogP contribution is -2.34. The second kappa shape index (κ2) is 9.58. The van der Waals surface area contributed by atoms with Crippen LogP contribution in [0.5, 0.6) is 5.75 Å². The van der Waals surface area contributed by atoms with Crippen molar-refractivity contribution >= 4 is 18.4 Å². The number of benzene rings is 1. The smallest absolute Gasteiger partial charge is 0.165 e. The number of aliphatic hydroxyl groups is 2. The summed E-state index contributed by atoms with van der Waals surface area (Å²) >= 11 is 0. The van der Waals surface area contributed by atoms with Crippen LogP contribution < -0.4 is 10.1 Å². The van der Waals surface area contributed by atoms with Crippen LogP contribution >= 0.6 is 0 Å². The lowest BCUT2D eigenvalue weighted by molar-refractivity contribution is -0.0181. The van der Waals surface area contributed by atoms with Gasteiger partial charge in [0, 0.05) is 23.7 Å². The summed E-state index contributed by atoms with van der Waals surface area (Å²) in [6.07, 6.45) is -0.126. The number of rotatable bonds is 6. The van der Waals surface area contributed by atoms with Gasteiger partial charge in [-0.15, -0.1) is 0 Å². The Labute approximate surface area is 189 Å². The number of hydrogen-bond acceptors (Lipinski definition) is 7. The number of nitrogens with zero attached hydrogens (tertiary/aromatic N) is 3. The number of halogens is 3. The molecule has 1 aromatic heterocycles. The maximum atomic E-state index is 14.9. The van der Waals surface area contributed by atoms with Crippen molar-refractivity contribution in [2.75, 3.05) is 6.54 Å². The summed E-state index contributed by atoms with van der Waals surface area (Å²) in [5.74, 6) is -2.79. The molecule has 0 amide bonds. The highest BCUT2D eigenvalue weighted by Gasteiger charge is 2.43. The summed E-state index contributed by atoms with van der Waals surface area (Å²) in [4.78, 5) is 11.6. The van der Waals surface area contributed by atoms with Crippen LogP contribution in [0.3, 0.4) is 0 Å². The molecule has 4 rings (SSSR count). The molecule has 1 aliphatic carbocycles. The van der Waals surface area contributed by atoms with E-state index in [9.17, 15) is 23.4 Å². The van der Waals surface area contributed by atoms with E-state index in [2.05, 4.69) is 27.0 Å². The normalized spacial score (nSPS) is 25.1. The quantitative estimate of drug-likeness (QED) is 0.571. The van der Waals surface area contributed by atoms with Crippen molar-refractivity contribution in [3.05, 3.63) is 52.5 Å². The summed E-state index contributed by atoms with van der Waals surface area (Å²) < 4.78 is 49.0. The first-order chi connectivity index (χ1) is 15.8. The van der Waals surface area contributed by atoms with Crippen molar-refractivity contribution in [2.24, 2.45) is 10.9 Å². The minimum absolute atomic E-state index is 0.103. The molecule has 10 heteroatoms. The molecule has 2 aliphatic rings. The molecule has 4 atom stereocenters. The van der Waals surface area contributed by atoms with Gasteiger partial charge in [0.2, 0.25) is 0 Å². The maximum Gasteiger partial charge on any atom is 0.165 e. The largest absolute Gasteiger partial charge is 0.487 e. The number of nitrogens with one attached hydrogen (secondary N) is 1. The number of aliphatic hydroxyl groups excluding tert-OH is 2. The SMILES string of the molecule is C=Nc1ncnc(C)c1/C(F)=C\CC1CC(Oc2cc(F)c(F)c3c2CNCC3)[C@@H](O)[C@H]1O. The Morgan fingerprint density at radius 2 is 2.09 bits per heavy atom. The third kappa shape index (κ3) is 4.50. The van der Waals surface area contributed by atoms with Gasteiger partial charge in [-0.05, 0) is 51.4 Å². The summed E-state index contributed by atoms with van der Waals surface area (Å²) in [5.41, 5.74) is 1.27. The average Bonchev–Trinajstić information content (AvgIpc) is 3.08. The second-order valence-electron chi connectivity index (χ2n) is 8.29. The van der Waals surface area contributed by atoms with Gasteiger partial charge in [0.25, 0.3) is 0 Å². The van der Waals surface area contributed by atoms with Crippen LogP contribution in [0.2, 0.25) is 0 Å². The van der Waals surface area contributed by atoms with Crippen molar-refractivity contribution in [3.8, 4) is 5.75 Å². The Morgan fingerprint density at radius 1 is 1.30 bits per heavy atom. The Balaban J connectivity index is 1.51. The predicted octanol–water partition coefficient (Wildman–Crippen LogP) is 2.93. The van der Waals surface area contributed by atoms with E-state index < -0.39 is 41.7 Å². The molecule has 0 spiro atoms. The van der Waals surface area contributed by atoms with E-state index in [1.807, 2.05) is 0 Å². The van der Waals surface area contributed by atoms with Crippen molar-refractivity contribution in [2.45, 2.75) is 51.0 Å². The molecule has 176 valence electrons. The molecule has 1 aromatic carbocycles. The van der Waals surface area contributed by atoms with Crippen LogP contribution in [-0.4, -0.2) is 51.8 Å². The summed E-state index contributed by atoms with van der Waals surface area (Å²) in [5, 5.41) is 24.1. The van der Waals surface area contributed by atoms with E-state index >= 15 is 0 Å². The molecule has 1 aliphatic heterocycles. The van der Waals surface area contributed by atoms with Gasteiger partial charge in [0.15, 0.2) is 17.5 Å². The summed E-state index contributed by atoms with van der Waals surface area (Å²) in [7, 11) is 0. The first-order valence-electron chi connectivity index (χ1n) is 10.7. The fraction of sp³-hybridized carbons (Fsp3) is 0.435. The first kappa shape index (κ1) is 23.3. The van der Waals surface area contributed by atoms with E-state index in [1.165, 1.54) is 12.4 Å². The molecule has 33 heavy (non-hydrogen) atoms. The van der Waals surface area contributed by atoms with Gasteiger partial charge in [0.1, 0.15) is 30.1 Å². The molecule has 0 bridgehead atoms. The standard InChI is InChI=1S/C23H25F3N4O3/c1-11-19(23(27-2)30-10-29-11)15(24)4-3-12-7-18(22(32)21(12)31)33-17-8-16(25)20(26)13-5-6-28-9-14(13)17/h4,8,10,12,18,21-22,28,31-32H,2-3,5-7,9H2,1H3/b15-4+/t12?,18?,21-,22+/m0/s1. The van der Waals surface area contributed by atoms with Crippen LogP contribution in [0, 0.1) is 24.5 Å². The first-order valence-corrected chi connectivity index (χ1v) is 10.7. The number of fused-ring (bicyclic) bond motifs is 1. The van der Waals surface area contributed by atoms with Crippen LogP contribution in [-0.2, 0) is 13.0 Å². The van der Waals surface area contributed by atoms with E-state index in [0.29, 0.717) is 30.8 Å². The average molecular weight is 462 g/mol. The van der Waals surface area contributed by atoms with Crippen LogP contribution in [0.4, 0.5) is 19.0 Å². The number of allylic oxidation sites excluding steroid dienone is 1. The highest BCUT2D eigenvalue weighted by atomic mass is 19.2. The molecule has 1 fully saturated rings. The van der Waals surface area contributed by atoms with Gasteiger partial charge in [-0.1, -0.05) is 0 Å². The Morgan fingerprint density at radius 3 is 2.85 bits per heavy atom. The minimum Gasteiger partial charge on any atom is -0.487 e. The highest BCUT2D eigenvalue weighted by Crippen LogP contribution is 2.37. The third-order valence-electron chi connectivity index (χ3n) is 6.28. The fourth-order valence-corrected chi connectivity index (χ4v) is 4.49. The predicted molar refractivity (Wildman–Crippen MR) is 116 cm³/mol. The number of aromatic nitrogens is 2. The fourth-order valence-electron chi connectivity index (χ4n) is 4.49. The lowest BCUT2D eigenvalue weighted by Gasteiger charge is -2.25. The Kier molecular flexibility index (Phi) is 6.78. The van der Waals surface area contributed by atoms with Crippen LogP contribution in [0.1, 0.15) is 35.2 Å². The number of ether oxygens (including phenoxy) is 1. The maximum absolute atomic E-state index is 14.9. The summed E-state index contributed by atoms with van der Waals surface area (Å²) in [6.45, 7) is 5.84. The van der Waals surface area contributed by atoms with E-state index in [-0.39, 0.29) is 35.5 Å². The van der Waals surface area contributed by atoms with E-state index in [0.717, 1.165) is 6.07 Å². The lowest BCUT2D eigenvalue weighted by atomic mass is 9.99. The van der Waals surface area contributed by atoms with Gasteiger partial charge >= 0.3 is 0 Å². The molecule has 0 saturated heterocycles. The molecular weight excluding hydrogens is 437 g/mol. The van der Waals surface area contributed by atoms with Gasteiger partial charge in [-0.25, -0.2) is 28.1 Å². The van der Waals surface area contributed by atoms with Crippen molar-refractivity contribution in [3.63, 3.8) is 0 Å². The molecular formula is C23H25F3N4O3. The van der Waals surface area contributed by atoms with Crippen molar-refractivity contribution in [1.82, 2.24) is 15.3 Å². The molecule has 2 heterocycles. The minimum atomic E-state index is -1.26. The van der Waals surface area contributed by atoms with Gasteiger partial charge < -0.3 is 20.3 Å². The van der Waals surface area contributed by atoms with Crippen molar-refractivity contribution in [1.29, 1.82) is 0 Å². The number of hydrogen-bond donors (Lipinski definition) is 3. The topological polar surface area (TPSA) is 99.9 Å². The number of aryl methyl sites for hydroxylation is 1. The Bertz CT molecular complexity index is 1100. The van der Waals surface area contributed by atoms with Crippen LogP contribution in [0.25, 0.3) is 5.83 Å². The monoisotopic (exact) mass is 462 g/mol. The molecule has 3 N–H and O–H groups in total. The van der Waals surface area contributed by atoms with E-state index in [1.54, 1.807) is 6.92 Å². The van der Waals surface area contributed by atoms with Crippen LogP contribution in [0.15, 0.2) is 23.5 Å². The zero-order valence-corrected chi connectivity index (χ0v) is 18.1. The molecule has 0 radical (unpaired) electrons. The van der Waals surface area contributed by atoms with Gasteiger partial charge in [-0.2, -0.15) is 0 Å². The Hall–Kier alpha value is -2.82. The molecule has 2 unspecified atom stereocenters. The van der Waals surface area contributed by atoms with E-state index in [4.69, 9.17) is 4.74 Å². The summed E-state index contributed by atoms with van der Waals surface area (Å²) in [6, 6.07) is 0.967. The van der Waals surface area contributed by atoms with Crippen molar-refractivity contribution < 1.29 is 28.1 Å². The molecule has 1 saturated carbocycles. The second-order valence-corrected chi connectivity index (χ2v) is 8.29. The third-order valence-corrected chi connectivity index (χ3v) is 6.28. The molecule has 2 aromatic rings. The van der Waals surface area contributed by atoms with Gasteiger partial charge in [0.05, 0.1) is 17.4 Å². The zero-order chi connectivity index (χ0) is 23.7. The number of aliphatic imine (C=N–C) groups is 1. The highest BCUT2D eigenvalue weighted by molar-refractivity contribution is 5.70. The zero-order valence-electron chi connectivity index (χ0n) is 18.1. The molecule has 7 nitrogen and oxygen atoms in total. The van der Waals surface area contributed by atoms with Gasteiger partial charge in [-0.3, -0.25) is 0 Å².